The molecule has 0 radical (unpaired) electrons. The number of benzene rings is 2. The van der Waals surface area contributed by atoms with E-state index in [2.05, 4.69) is 15.9 Å². The minimum absolute atomic E-state index is 0.313. The van der Waals surface area contributed by atoms with Crippen molar-refractivity contribution in [2.45, 2.75) is 13.3 Å². The Bertz CT molecular complexity index is 594. The molecule has 0 spiro atoms. The summed E-state index contributed by atoms with van der Waals surface area (Å²) < 4.78 is 18.8. The zero-order valence-electron chi connectivity index (χ0n) is 10.3. The van der Waals surface area contributed by atoms with Crippen LogP contribution in [0.2, 0.25) is 0 Å². The zero-order chi connectivity index (χ0) is 13.8. The maximum atomic E-state index is 12.8. The lowest BCUT2D eigenvalue weighted by Gasteiger charge is -2.07. The van der Waals surface area contributed by atoms with E-state index in [-0.39, 0.29) is 5.82 Å². The van der Waals surface area contributed by atoms with E-state index < -0.39 is 5.97 Å². The first-order valence-electron chi connectivity index (χ1n) is 5.86. The average Bonchev–Trinajstić information content (AvgIpc) is 2.41. The van der Waals surface area contributed by atoms with Crippen LogP contribution in [0, 0.1) is 5.82 Å². The Hall–Kier alpha value is -1.68. The number of hydrogen-bond acceptors (Lipinski definition) is 2. The van der Waals surface area contributed by atoms with Gasteiger partial charge in [-0.05, 0) is 64.3 Å². The van der Waals surface area contributed by atoms with E-state index in [4.69, 9.17) is 4.74 Å². The van der Waals surface area contributed by atoms with Crippen molar-refractivity contribution in [1.29, 1.82) is 0 Å². The average molecular weight is 323 g/mol. The molecule has 2 nitrogen and oxygen atoms in total. The lowest BCUT2D eigenvalue weighted by atomic mass is 10.2. The number of rotatable bonds is 3. The van der Waals surface area contributed by atoms with Gasteiger partial charge in [0.15, 0.2) is 0 Å². The van der Waals surface area contributed by atoms with Gasteiger partial charge in [0.2, 0.25) is 0 Å². The molecule has 0 N–H and O–H groups in total. The SMILES string of the molecule is CCc1ccc(OC(=O)c2ccc(F)cc2)c(Br)c1. The highest BCUT2D eigenvalue weighted by Gasteiger charge is 2.11. The maximum absolute atomic E-state index is 12.8. The molecule has 0 aromatic heterocycles. The van der Waals surface area contributed by atoms with Crippen molar-refractivity contribution >= 4 is 21.9 Å². The van der Waals surface area contributed by atoms with Crippen LogP contribution in [0.15, 0.2) is 46.9 Å². The topological polar surface area (TPSA) is 26.3 Å². The van der Waals surface area contributed by atoms with Crippen LogP contribution in [-0.2, 0) is 6.42 Å². The van der Waals surface area contributed by atoms with E-state index in [0.717, 1.165) is 16.5 Å². The molecule has 0 atom stereocenters. The molecule has 0 saturated heterocycles. The van der Waals surface area contributed by atoms with Gasteiger partial charge in [-0.25, -0.2) is 9.18 Å². The second-order valence-corrected chi connectivity index (χ2v) is 4.87. The normalized spacial score (nSPS) is 10.3. The number of aryl methyl sites for hydroxylation is 1. The predicted octanol–water partition coefficient (Wildman–Crippen LogP) is 4.37. The second kappa shape index (κ2) is 5.97. The fourth-order valence-electron chi connectivity index (χ4n) is 1.59. The van der Waals surface area contributed by atoms with Crippen LogP contribution in [0.1, 0.15) is 22.8 Å². The molecule has 0 bridgehead atoms. The van der Waals surface area contributed by atoms with Crippen LogP contribution in [0.4, 0.5) is 4.39 Å². The summed E-state index contributed by atoms with van der Waals surface area (Å²) in [5.41, 5.74) is 1.46. The molecule has 19 heavy (non-hydrogen) atoms. The van der Waals surface area contributed by atoms with Gasteiger partial charge in [0.25, 0.3) is 0 Å². The van der Waals surface area contributed by atoms with Gasteiger partial charge in [-0.1, -0.05) is 13.0 Å². The monoisotopic (exact) mass is 322 g/mol. The Morgan fingerprint density at radius 3 is 2.47 bits per heavy atom. The molecule has 0 unspecified atom stereocenters. The summed E-state index contributed by atoms with van der Waals surface area (Å²) in [6.07, 6.45) is 0.908. The van der Waals surface area contributed by atoms with E-state index in [1.54, 1.807) is 6.07 Å². The first-order valence-corrected chi connectivity index (χ1v) is 6.65. The molecular weight excluding hydrogens is 311 g/mol. The van der Waals surface area contributed by atoms with Crippen molar-refractivity contribution in [2.75, 3.05) is 0 Å². The van der Waals surface area contributed by atoms with Crippen molar-refractivity contribution in [3.8, 4) is 5.75 Å². The highest BCUT2D eigenvalue weighted by atomic mass is 79.9. The summed E-state index contributed by atoms with van der Waals surface area (Å²) in [7, 11) is 0. The minimum Gasteiger partial charge on any atom is -0.422 e. The molecule has 2 aromatic rings. The van der Waals surface area contributed by atoms with Crippen LogP contribution >= 0.6 is 15.9 Å². The van der Waals surface area contributed by atoms with E-state index in [1.807, 2.05) is 19.1 Å². The van der Waals surface area contributed by atoms with Gasteiger partial charge < -0.3 is 4.74 Å². The largest absolute Gasteiger partial charge is 0.422 e. The van der Waals surface area contributed by atoms with Crippen molar-refractivity contribution in [1.82, 2.24) is 0 Å². The summed E-state index contributed by atoms with van der Waals surface area (Å²) in [6.45, 7) is 2.05. The Kier molecular flexibility index (Phi) is 4.32. The molecule has 2 rings (SSSR count). The number of ether oxygens (including phenoxy) is 1. The van der Waals surface area contributed by atoms with Crippen molar-refractivity contribution in [3.63, 3.8) is 0 Å². The van der Waals surface area contributed by atoms with Crippen LogP contribution in [0.3, 0.4) is 0 Å². The number of hydrogen-bond donors (Lipinski definition) is 0. The van der Waals surface area contributed by atoms with E-state index in [9.17, 15) is 9.18 Å². The Balaban J connectivity index is 2.17. The molecule has 4 heteroatoms. The van der Waals surface area contributed by atoms with Gasteiger partial charge in [-0.2, -0.15) is 0 Å². The smallest absolute Gasteiger partial charge is 0.343 e. The summed E-state index contributed by atoms with van der Waals surface area (Å²) >= 11 is 3.36. The summed E-state index contributed by atoms with van der Waals surface area (Å²) in [5.74, 6) is -0.443. The van der Waals surface area contributed by atoms with Crippen molar-refractivity contribution in [3.05, 3.63) is 63.9 Å². The molecule has 0 aliphatic rings. The van der Waals surface area contributed by atoms with Crippen LogP contribution in [0.25, 0.3) is 0 Å². The van der Waals surface area contributed by atoms with Gasteiger partial charge in [-0.3, -0.25) is 0 Å². The highest BCUT2D eigenvalue weighted by molar-refractivity contribution is 9.10. The first-order chi connectivity index (χ1) is 9.10. The molecule has 0 heterocycles. The molecular formula is C15H12BrFO2. The van der Waals surface area contributed by atoms with Gasteiger partial charge in [-0.15, -0.1) is 0 Å². The van der Waals surface area contributed by atoms with E-state index in [0.29, 0.717) is 11.3 Å². The predicted molar refractivity (Wildman–Crippen MR) is 74.9 cm³/mol. The van der Waals surface area contributed by atoms with Crippen molar-refractivity contribution in [2.24, 2.45) is 0 Å². The summed E-state index contributed by atoms with van der Waals surface area (Å²) in [4.78, 5) is 11.9. The van der Waals surface area contributed by atoms with Crippen LogP contribution in [0.5, 0.6) is 5.75 Å². The molecule has 2 aromatic carbocycles. The molecule has 0 saturated carbocycles. The Morgan fingerprint density at radius 2 is 1.89 bits per heavy atom. The second-order valence-electron chi connectivity index (χ2n) is 4.01. The Labute approximate surface area is 119 Å². The lowest BCUT2D eigenvalue weighted by Crippen LogP contribution is -2.08. The fourth-order valence-corrected chi connectivity index (χ4v) is 2.10. The van der Waals surface area contributed by atoms with Gasteiger partial charge in [0.05, 0.1) is 10.0 Å². The summed E-state index contributed by atoms with van der Waals surface area (Å²) in [6, 6.07) is 10.8. The standard InChI is InChI=1S/C15H12BrFO2/c1-2-10-3-8-14(13(16)9-10)19-15(18)11-4-6-12(17)7-5-11/h3-9H,2H2,1H3. The molecule has 0 fully saturated rings. The minimum atomic E-state index is -0.509. The third-order valence-electron chi connectivity index (χ3n) is 2.69. The van der Waals surface area contributed by atoms with Crippen LogP contribution in [-0.4, -0.2) is 5.97 Å². The molecule has 0 amide bonds. The van der Waals surface area contributed by atoms with Crippen molar-refractivity contribution < 1.29 is 13.9 Å². The molecule has 0 aliphatic carbocycles. The maximum Gasteiger partial charge on any atom is 0.343 e. The van der Waals surface area contributed by atoms with E-state index in [1.165, 1.54) is 24.3 Å². The lowest BCUT2D eigenvalue weighted by molar-refractivity contribution is 0.0733. The Morgan fingerprint density at radius 1 is 1.21 bits per heavy atom. The first kappa shape index (κ1) is 13.7. The van der Waals surface area contributed by atoms with Gasteiger partial charge in [0.1, 0.15) is 11.6 Å². The third kappa shape index (κ3) is 3.41. The summed E-state index contributed by atoms with van der Waals surface area (Å²) in [5, 5.41) is 0. The molecule has 0 aliphatic heterocycles. The fraction of sp³-hybridized carbons (Fsp3) is 0.133. The van der Waals surface area contributed by atoms with Gasteiger partial charge in [0, 0.05) is 0 Å². The number of carbonyl (C=O) groups is 1. The number of halogens is 2. The van der Waals surface area contributed by atoms with Gasteiger partial charge >= 0.3 is 5.97 Å². The zero-order valence-corrected chi connectivity index (χ0v) is 11.9. The van der Waals surface area contributed by atoms with E-state index >= 15 is 0 Å². The number of esters is 1. The third-order valence-corrected chi connectivity index (χ3v) is 3.31. The molecule has 98 valence electrons. The van der Waals surface area contributed by atoms with Crippen LogP contribution < -0.4 is 4.74 Å². The number of carbonyl (C=O) groups excluding carboxylic acids is 1. The highest BCUT2D eigenvalue weighted by Crippen LogP contribution is 2.27. The quantitative estimate of drug-likeness (QED) is 0.619.